The number of esters is 1. The highest BCUT2D eigenvalue weighted by Gasteiger charge is 2.23. The van der Waals surface area contributed by atoms with E-state index in [1.807, 2.05) is 46.9 Å². The van der Waals surface area contributed by atoms with Crippen LogP contribution in [0.3, 0.4) is 0 Å². The number of methoxy groups -OCH3 is 1. The molecule has 3 heterocycles. The number of imidazole rings is 1. The molecule has 166 valence electrons. The molecule has 0 aliphatic carbocycles. The fourth-order valence-corrected chi connectivity index (χ4v) is 5.42. The maximum Gasteiger partial charge on any atom is 0.341 e. The first-order valence-corrected chi connectivity index (χ1v) is 12.0. The summed E-state index contributed by atoms with van der Waals surface area (Å²) in [6, 6.07) is 14.9. The molecule has 5 rings (SSSR count). The Kier molecular flexibility index (Phi) is 5.79. The first-order valence-electron chi connectivity index (χ1n) is 9.75. The quantitative estimate of drug-likeness (QED) is 0.250. The van der Waals surface area contributed by atoms with Crippen molar-refractivity contribution in [1.82, 2.24) is 19.6 Å². The average molecular weight is 498 g/mol. The van der Waals surface area contributed by atoms with Crippen molar-refractivity contribution in [3.05, 3.63) is 64.5 Å². The standard InChI is InChI=1S/C22H16ClN5O3S2/c1-31-20(30)18-13(12-6-2-3-7-14(12)23)10-32-19(18)25-17(29)11-33-22-27-26-21-24-15-8-4-5-9-16(15)28(21)22/h2-10H,11H2,1H3,(H,24,26)(H,25,29). The van der Waals surface area contributed by atoms with Gasteiger partial charge in [0.25, 0.3) is 0 Å². The van der Waals surface area contributed by atoms with E-state index < -0.39 is 5.97 Å². The van der Waals surface area contributed by atoms with Crippen LogP contribution in [0.15, 0.2) is 59.1 Å². The molecule has 8 nitrogen and oxygen atoms in total. The molecule has 33 heavy (non-hydrogen) atoms. The molecule has 0 saturated heterocycles. The number of para-hydroxylation sites is 2. The van der Waals surface area contributed by atoms with Gasteiger partial charge in [0, 0.05) is 21.5 Å². The van der Waals surface area contributed by atoms with Crippen molar-refractivity contribution in [3.63, 3.8) is 0 Å². The van der Waals surface area contributed by atoms with Crippen molar-refractivity contribution in [3.8, 4) is 11.1 Å². The number of nitrogens with zero attached hydrogens (tertiary/aromatic N) is 3. The maximum absolute atomic E-state index is 12.8. The van der Waals surface area contributed by atoms with E-state index in [4.69, 9.17) is 16.3 Å². The van der Waals surface area contributed by atoms with Crippen molar-refractivity contribution >= 4 is 68.4 Å². The molecule has 0 fully saturated rings. The maximum atomic E-state index is 12.8. The lowest BCUT2D eigenvalue weighted by atomic mass is 10.0. The average Bonchev–Trinajstić information content (AvgIpc) is 3.51. The molecule has 0 bridgehead atoms. The molecular weight excluding hydrogens is 482 g/mol. The number of H-pyrrole nitrogens is 1. The van der Waals surface area contributed by atoms with Crippen LogP contribution >= 0.6 is 34.7 Å². The van der Waals surface area contributed by atoms with Gasteiger partial charge < -0.3 is 10.1 Å². The second kappa shape index (κ2) is 8.89. The second-order valence-electron chi connectivity index (χ2n) is 6.93. The molecule has 2 N–H and O–H groups in total. The molecule has 0 aliphatic rings. The van der Waals surface area contributed by atoms with Crippen molar-refractivity contribution < 1.29 is 14.3 Å². The number of anilines is 1. The lowest BCUT2D eigenvalue weighted by molar-refractivity contribution is -0.113. The van der Waals surface area contributed by atoms with Gasteiger partial charge >= 0.3 is 5.97 Å². The minimum atomic E-state index is -0.548. The van der Waals surface area contributed by atoms with Crippen LogP contribution in [0.5, 0.6) is 0 Å². The number of carbonyl (C=O) groups is 2. The molecule has 1 amide bonds. The summed E-state index contributed by atoms with van der Waals surface area (Å²) in [5.74, 6) is -0.132. The van der Waals surface area contributed by atoms with E-state index >= 15 is 0 Å². The zero-order valence-electron chi connectivity index (χ0n) is 17.2. The molecule has 0 spiro atoms. The summed E-state index contributed by atoms with van der Waals surface area (Å²) in [6.45, 7) is 0. The lowest BCUT2D eigenvalue weighted by Gasteiger charge is -2.08. The third-order valence-corrected chi connectivity index (χ3v) is 7.10. The molecular formula is C22H16ClN5O3S2. The van der Waals surface area contributed by atoms with Crippen LogP contribution in [0.25, 0.3) is 27.9 Å². The number of fused-ring (bicyclic) bond motifs is 3. The largest absolute Gasteiger partial charge is 0.465 e. The molecule has 11 heteroatoms. The van der Waals surface area contributed by atoms with Crippen molar-refractivity contribution in [1.29, 1.82) is 0 Å². The predicted octanol–water partition coefficient (Wildman–Crippen LogP) is 5.11. The Morgan fingerprint density at radius 2 is 1.97 bits per heavy atom. The Balaban J connectivity index is 1.38. The number of halogens is 1. The lowest BCUT2D eigenvalue weighted by Crippen LogP contribution is -2.16. The Morgan fingerprint density at radius 1 is 1.18 bits per heavy atom. The van der Waals surface area contributed by atoms with Crippen molar-refractivity contribution in [2.75, 3.05) is 18.2 Å². The Hall–Kier alpha value is -3.34. The van der Waals surface area contributed by atoms with E-state index in [1.54, 1.807) is 11.4 Å². The number of aromatic nitrogens is 4. The smallest absolute Gasteiger partial charge is 0.341 e. The first kappa shape index (κ1) is 21.5. The SMILES string of the molecule is COC(=O)c1c(-c2ccccc2Cl)csc1NC(=O)CSc1n[nH]c2nc3ccccc3n12. The van der Waals surface area contributed by atoms with Crippen LogP contribution in [-0.2, 0) is 9.53 Å². The van der Waals surface area contributed by atoms with Gasteiger partial charge in [0.05, 0.1) is 23.9 Å². The van der Waals surface area contributed by atoms with Gasteiger partial charge in [-0.25, -0.2) is 14.9 Å². The van der Waals surface area contributed by atoms with Crippen molar-refractivity contribution in [2.24, 2.45) is 0 Å². The molecule has 0 radical (unpaired) electrons. The van der Waals surface area contributed by atoms with E-state index in [1.165, 1.54) is 30.2 Å². The summed E-state index contributed by atoms with van der Waals surface area (Å²) in [4.78, 5) is 29.8. The van der Waals surface area contributed by atoms with Crippen LogP contribution in [0.4, 0.5) is 5.00 Å². The van der Waals surface area contributed by atoms with Crippen LogP contribution in [0, 0.1) is 0 Å². The van der Waals surface area contributed by atoms with E-state index in [0.717, 1.165) is 11.0 Å². The second-order valence-corrected chi connectivity index (χ2v) is 9.16. The molecule has 0 saturated carbocycles. The van der Waals surface area contributed by atoms with E-state index in [9.17, 15) is 9.59 Å². The summed E-state index contributed by atoms with van der Waals surface area (Å²) in [7, 11) is 1.30. The molecule has 2 aromatic carbocycles. The predicted molar refractivity (Wildman–Crippen MR) is 130 cm³/mol. The van der Waals surface area contributed by atoms with Gasteiger partial charge in [-0.15, -0.1) is 16.4 Å². The fraction of sp³-hybridized carbons (Fsp3) is 0.0909. The fourth-order valence-electron chi connectivity index (χ4n) is 3.46. The number of thiophene rings is 1. The number of carbonyl (C=O) groups excluding carboxylic acids is 2. The number of ether oxygens (including phenoxy) is 1. The van der Waals surface area contributed by atoms with E-state index in [2.05, 4.69) is 20.5 Å². The summed E-state index contributed by atoms with van der Waals surface area (Å²) >= 11 is 8.83. The number of rotatable bonds is 6. The van der Waals surface area contributed by atoms with Crippen LogP contribution < -0.4 is 5.32 Å². The number of aromatic amines is 1. The third-order valence-electron chi connectivity index (χ3n) is 4.93. The first-order chi connectivity index (χ1) is 16.1. The number of thioether (sulfide) groups is 1. The summed E-state index contributed by atoms with van der Waals surface area (Å²) in [6.07, 6.45) is 0. The zero-order chi connectivity index (χ0) is 22.9. The van der Waals surface area contributed by atoms with Gasteiger partial charge in [0.15, 0.2) is 5.16 Å². The van der Waals surface area contributed by atoms with Gasteiger partial charge in [-0.05, 0) is 18.2 Å². The zero-order valence-corrected chi connectivity index (χ0v) is 19.6. The Bertz CT molecular complexity index is 1510. The van der Waals surface area contributed by atoms with Crippen LogP contribution in [-0.4, -0.2) is 44.3 Å². The normalized spacial score (nSPS) is 11.2. The Morgan fingerprint density at radius 3 is 2.79 bits per heavy atom. The molecule has 0 unspecified atom stereocenters. The summed E-state index contributed by atoms with van der Waals surface area (Å²) in [5.41, 5.74) is 3.32. The molecule has 5 aromatic rings. The van der Waals surface area contributed by atoms with Gasteiger partial charge in [-0.3, -0.25) is 9.20 Å². The highest BCUT2D eigenvalue weighted by atomic mass is 35.5. The monoisotopic (exact) mass is 497 g/mol. The van der Waals surface area contributed by atoms with E-state index in [0.29, 0.717) is 32.1 Å². The number of hydrogen-bond acceptors (Lipinski definition) is 7. The Labute approximate surface area is 200 Å². The number of nitrogens with one attached hydrogen (secondary N) is 2. The number of benzene rings is 2. The van der Waals surface area contributed by atoms with Gasteiger partial charge in [-0.1, -0.05) is 53.7 Å². The molecule has 3 aromatic heterocycles. The van der Waals surface area contributed by atoms with Gasteiger partial charge in [0.2, 0.25) is 11.7 Å². The van der Waals surface area contributed by atoms with Gasteiger partial charge in [0.1, 0.15) is 10.6 Å². The summed E-state index contributed by atoms with van der Waals surface area (Å²) < 4.78 is 6.83. The summed E-state index contributed by atoms with van der Waals surface area (Å²) in [5, 5.41) is 13.3. The number of hydrogen-bond donors (Lipinski definition) is 2. The minimum Gasteiger partial charge on any atom is -0.465 e. The van der Waals surface area contributed by atoms with Gasteiger partial charge in [-0.2, -0.15) is 0 Å². The highest BCUT2D eigenvalue weighted by molar-refractivity contribution is 7.99. The van der Waals surface area contributed by atoms with Crippen LogP contribution in [0.1, 0.15) is 10.4 Å². The minimum absolute atomic E-state index is 0.0897. The van der Waals surface area contributed by atoms with Crippen molar-refractivity contribution in [2.45, 2.75) is 5.16 Å². The third kappa shape index (κ3) is 3.97. The van der Waals surface area contributed by atoms with E-state index in [-0.39, 0.29) is 17.2 Å². The topological polar surface area (TPSA) is 101 Å². The number of amides is 1. The van der Waals surface area contributed by atoms with Crippen LogP contribution in [0.2, 0.25) is 5.02 Å². The highest BCUT2D eigenvalue weighted by Crippen LogP contribution is 2.39. The molecule has 0 aliphatic heterocycles. The molecule has 0 atom stereocenters.